The molecule has 3 aromatic rings. The van der Waals surface area contributed by atoms with Crippen molar-refractivity contribution in [2.45, 2.75) is 44.2 Å². The fraction of sp³-hybridized carbons (Fsp3) is 0.348. The van der Waals surface area contributed by atoms with Gasteiger partial charge in [0.05, 0.1) is 22.6 Å². The van der Waals surface area contributed by atoms with E-state index in [1.54, 1.807) is 10.8 Å². The molecule has 31 heavy (non-hydrogen) atoms. The van der Waals surface area contributed by atoms with Crippen molar-refractivity contribution in [3.63, 3.8) is 0 Å². The molecule has 7 nitrogen and oxygen atoms in total. The van der Waals surface area contributed by atoms with Crippen LogP contribution in [-0.2, 0) is 0 Å². The molecule has 1 aliphatic heterocycles. The van der Waals surface area contributed by atoms with Gasteiger partial charge in [-0.05, 0) is 43.7 Å². The van der Waals surface area contributed by atoms with E-state index in [9.17, 15) is 10.1 Å². The van der Waals surface area contributed by atoms with E-state index < -0.39 is 11.2 Å². The molecule has 0 bridgehead atoms. The first kappa shape index (κ1) is 19.4. The summed E-state index contributed by atoms with van der Waals surface area (Å²) >= 11 is 0. The Hall–Kier alpha value is -3.60. The van der Waals surface area contributed by atoms with Gasteiger partial charge in [-0.15, -0.1) is 0 Å². The minimum absolute atomic E-state index is 0.00306. The lowest BCUT2D eigenvalue weighted by atomic mass is 9.99. The first-order valence-corrected chi connectivity index (χ1v) is 10.4. The summed E-state index contributed by atoms with van der Waals surface area (Å²) in [5.41, 5.74) is 7.00. The molecule has 1 fully saturated rings. The highest BCUT2D eigenvalue weighted by atomic mass is 19.1. The zero-order valence-corrected chi connectivity index (χ0v) is 17.1. The van der Waals surface area contributed by atoms with Gasteiger partial charge >= 0.3 is 0 Å². The Labute approximate surface area is 178 Å². The lowest BCUT2D eigenvalue weighted by Crippen LogP contribution is -2.27. The van der Waals surface area contributed by atoms with Crippen LogP contribution in [0.15, 0.2) is 35.5 Å². The van der Waals surface area contributed by atoms with Gasteiger partial charge < -0.3 is 20.4 Å². The van der Waals surface area contributed by atoms with Crippen LogP contribution in [0.5, 0.6) is 5.75 Å². The summed E-state index contributed by atoms with van der Waals surface area (Å²) < 4.78 is 23.1. The van der Waals surface area contributed by atoms with Gasteiger partial charge in [-0.3, -0.25) is 9.78 Å². The van der Waals surface area contributed by atoms with Crippen LogP contribution < -0.4 is 21.2 Å². The smallest absolute Gasteiger partial charge is 0.209 e. The predicted octanol–water partition coefficient (Wildman–Crippen LogP) is 3.69. The Kier molecular flexibility index (Phi) is 4.54. The topological polar surface area (TPSA) is 106 Å². The minimum Gasteiger partial charge on any atom is -0.487 e. The van der Waals surface area contributed by atoms with Crippen LogP contribution in [-0.4, -0.2) is 22.2 Å². The van der Waals surface area contributed by atoms with Gasteiger partial charge in [0, 0.05) is 24.6 Å². The number of aromatic nitrogens is 2. The summed E-state index contributed by atoms with van der Waals surface area (Å²) in [6.07, 6.45) is 7.81. The average molecular weight is 419 g/mol. The Morgan fingerprint density at radius 3 is 3.00 bits per heavy atom. The van der Waals surface area contributed by atoms with Crippen LogP contribution in [0.2, 0.25) is 0 Å². The molecule has 0 amide bonds. The highest BCUT2D eigenvalue weighted by Crippen LogP contribution is 2.45. The van der Waals surface area contributed by atoms with Crippen LogP contribution in [0.1, 0.15) is 49.3 Å². The Morgan fingerprint density at radius 2 is 2.26 bits per heavy atom. The van der Waals surface area contributed by atoms with Gasteiger partial charge in [0.15, 0.2) is 11.6 Å². The Morgan fingerprint density at radius 1 is 1.42 bits per heavy atom. The largest absolute Gasteiger partial charge is 0.487 e. The molecule has 2 aromatic heterocycles. The normalized spacial score (nSPS) is 22.2. The van der Waals surface area contributed by atoms with Crippen LogP contribution in [0.3, 0.4) is 0 Å². The molecule has 8 heteroatoms. The van der Waals surface area contributed by atoms with Gasteiger partial charge in [0.25, 0.3) is 0 Å². The van der Waals surface area contributed by atoms with Crippen molar-refractivity contribution in [1.29, 1.82) is 5.26 Å². The van der Waals surface area contributed by atoms with Crippen molar-refractivity contribution in [2.75, 3.05) is 17.7 Å². The van der Waals surface area contributed by atoms with Gasteiger partial charge in [-0.1, -0.05) is 6.07 Å². The number of nitrogens with two attached hydrogens (primary N) is 1. The SMILES string of the molecule is C[C@H]1COc2c(N[C@@H]3CCC(c4cccnc4)C3)c(F)c(N)c3c(=O)c(C#N)cn1c23. The number of anilines is 2. The fourth-order valence-electron chi connectivity index (χ4n) is 4.79. The molecule has 1 aromatic carbocycles. The number of rotatable bonds is 3. The number of nitrogens with one attached hydrogen (secondary N) is 1. The monoisotopic (exact) mass is 419 g/mol. The molecule has 2 aliphatic rings. The molecular formula is C23H22FN5O2. The van der Waals surface area contributed by atoms with E-state index in [0.29, 0.717) is 18.0 Å². The number of benzene rings is 1. The van der Waals surface area contributed by atoms with Crippen LogP contribution >= 0.6 is 0 Å². The number of ether oxygens (including phenoxy) is 1. The lowest BCUT2D eigenvalue weighted by Gasteiger charge is -2.30. The van der Waals surface area contributed by atoms with Crippen LogP contribution in [0.25, 0.3) is 10.9 Å². The molecule has 3 N–H and O–H groups in total. The highest BCUT2D eigenvalue weighted by Gasteiger charge is 2.32. The summed E-state index contributed by atoms with van der Waals surface area (Å²) in [4.78, 5) is 17.0. The number of nitrogen functional groups attached to an aromatic ring is 1. The highest BCUT2D eigenvalue weighted by molar-refractivity contribution is 6.00. The van der Waals surface area contributed by atoms with E-state index in [2.05, 4.69) is 16.4 Å². The molecule has 5 rings (SSSR count). The van der Waals surface area contributed by atoms with Gasteiger partial charge in [-0.25, -0.2) is 4.39 Å². The zero-order valence-electron chi connectivity index (χ0n) is 17.1. The molecule has 0 saturated heterocycles. The molecule has 3 atom stereocenters. The van der Waals surface area contributed by atoms with Gasteiger partial charge in [-0.2, -0.15) is 5.26 Å². The fourth-order valence-corrected chi connectivity index (χ4v) is 4.79. The third kappa shape index (κ3) is 3.00. The summed E-state index contributed by atoms with van der Waals surface area (Å²) in [6, 6.07) is 5.80. The maximum absolute atomic E-state index is 15.4. The van der Waals surface area contributed by atoms with Crippen molar-refractivity contribution in [3.8, 4) is 11.8 Å². The number of halogens is 1. The molecule has 3 heterocycles. The molecule has 158 valence electrons. The van der Waals surface area contributed by atoms with Crippen molar-refractivity contribution in [2.24, 2.45) is 0 Å². The molecule has 0 spiro atoms. The summed E-state index contributed by atoms with van der Waals surface area (Å²) in [5.74, 6) is -0.0763. The van der Waals surface area contributed by atoms with E-state index in [0.717, 1.165) is 19.3 Å². The number of hydrogen-bond donors (Lipinski definition) is 2. The summed E-state index contributed by atoms with van der Waals surface area (Å²) in [6.45, 7) is 2.22. The molecule has 1 aliphatic carbocycles. The third-order valence-corrected chi connectivity index (χ3v) is 6.40. The second-order valence-corrected chi connectivity index (χ2v) is 8.34. The summed E-state index contributed by atoms with van der Waals surface area (Å²) in [7, 11) is 0. The van der Waals surface area contributed by atoms with Crippen molar-refractivity contribution in [1.82, 2.24) is 9.55 Å². The number of nitriles is 1. The van der Waals surface area contributed by atoms with Crippen molar-refractivity contribution >= 4 is 22.3 Å². The summed E-state index contributed by atoms with van der Waals surface area (Å²) in [5, 5.41) is 12.7. The molecule has 0 radical (unpaired) electrons. The standard InChI is InChI=1S/C23H22FN5O2/c1-12-11-31-23-20(28-16-5-4-13(7-16)14-3-2-6-27-9-14)18(24)19(26)17-21(23)29(12)10-15(8-25)22(17)30/h2-3,6,9-10,12-13,16,28H,4-5,7,11,26H2,1H3/t12-,13?,16+/m0/s1. The lowest BCUT2D eigenvalue weighted by molar-refractivity contribution is 0.247. The van der Waals surface area contributed by atoms with Gasteiger partial charge in [0.2, 0.25) is 5.43 Å². The molecule has 1 unspecified atom stereocenters. The van der Waals surface area contributed by atoms with E-state index in [-0.39, 0.29) is 40.2 Å². The van der Waals surface area contributed by atoms with E-state index in [4.69, 9.17) is 10.5 Å². The zero-order chi connectivity index (χ0) is 21.7. The number of pyridine rings is 2. The second kappa shape index (κ2) is 7.27. The number of nitrogens with zero attached hydrogens (tertiary/aromatic N) is 3. The second-order valence-electron chi connectivity index (χ2n) is 8.34. The average Bonchev–Trinajstić information content (AvgIpc) is 3.25. The van der Waals surface area contributed by atoms with E-state index >= 15 is 4.39 Å². The van der Waals surface area contributed by atoms with Crippen molar-refractivity contribution < 1.29 is 9.13 Å². The quantitative estimate of drug-likeness (QED) is 0.627. The van der Waals surface area contributed by atoms with E-state index in [1.165, 1.54) is 11.8 Å². The Bertz CT molecular complexity index is 1280. The van der Waals surface area contributed by atoms with Gasteiger partial charge in [0.1, 0.15) is 23.9 Å². The first-order chi connectivity index (χ1) is 15.0. The maximum atomic E-state index is 15.4. The predicted molar refractivity (Wildman–Crippen MR) is 116 cm³/mol. The number of hydrogen-bond acceptors (Lipinski definition) is 6. The van der Waals surface area contributed by atoms with E-state index in [1.807, 2.05) is 25.3 Å². The van der Waals surface area contributed by atoms with Crippen molar-refractivity contribution in [3.05, 3.63) is 57.9 Å². The molecule has 1 saturated carbocycles. The maximum Gasteiger partial charge on any atom is 0.209 e. The molecular weight excluding hydrogens is 397 g/mol. The Balaban J connectivity index is 1.59. The first-order valence-electron chi connectivity index (χ1n) is 10.4. The third-order valence-electron chi connectivity index (χ3n) is 6.40. The van der Waals surface area contributed by atoms with Crippen LogP contribution in [0, 0.1) is 17.1 Å². The van der Waals surface area contributed by atoms with Crippen LogP contribution in [0.4, 0.5) is 15.8 Å². The minimum atomic E-state index is -0.708.